The monoisotopic (exact) mass is 457 g/mol. The Morgan fingerprint density at radius 3 is 2.39 bits per heavy atom. The topological polar surface area (TPSA) is 130 Å². The molecule has 2 aromatic rings. The number of rotatable bonds is 7. The number of carboxylic acids is 1. The molecule has 0 spiro atoms. The SMILES string of the molecule is O=C(CCN1C(=O)/C(=C/c2ccc([N+](=O)[O-])cc2)SC1=S)Nc1ccc(C(=O)O)cc1. The zero-order chi connectivity index (χ0) is 22.5. The molecule has 1 fully saturated rings. The van der Waals surface area contributed by atoms with Crippen LogP contribution in [-0.4, -0.2) is 43.6 Å². The molecular formula is C20H15N3O6S2. The number of anilines is 1. The third-order valence-corrected chi connectivity index (χ3v) is 5.63. The van der Waals surface area contributed by atoms with Gasteiger partial charge >= 0.3 is 5.97 Å². The standard InChI is InChI=1S/C20H15N3O6S2/c24-17(21-14-5-3-13(4-6-14)19(26)27)9-10-22-18(25)16(31-20(22)30)11-12-1-7-15(8-2-12)23(28)29/h1-8,11H,9-10H2,(H,21,24)(H,26,27)/b16-11-. The van der Waals surface area contributed by atoms with E-state index < -0.39 is 10.9 Å². The number of thioether (sulfide) groups is 1. The normalized spacial score (nSPS) is 14.7. The number of hydrogen-bond donors (Lipinski definition) is 2. The van der Waals surface area contributed by atoms with Gasteiger partial charge in [0.15, 0.2) is 0 Å². The van der Waals surface area contributed by atoms with E-state index in [0.717, 1.165) is 11.8 Å². The van der Waals surface area contributed by atoms with Crippen LogP contribution in [0.15, 0.2) is 53.4 Å². The minimum Gasteiger partial charge on any atom is -0.478 e. The lowest BCUT2D eigenvalue weighted by molar-refractivity contribution is -0.384. The minimum absolute atomic E-state index is 0.00205. The summed E-state index contributed by atoms with van der Waals surface area (Å²) >= 11 is 6.33. The second-order valence-corrected chi connectivity index (χ2v) is 8.04. The Balaban J connectivity index is 1.58. The molecule has 0 unspecified atom stereocenters. The van der Waals surface area contributed by atoms with Crippen LogP contribution in [0, 0.1) is 10.1 Å². The highest BCUT2D eigenvalue weighted by atomic mass is 32.2. The lowest BCUT2D eigenvalue weighted by Gasteiger charge is -2.14. The molecule has 9 nitrogen and oxygen atoms in total. The number of benzene rings is 2. The Labute approximate surface area is 185 Å². The third-order valence-electron chi connectivity index (χ3n) is 4.25. The van der Waals surface area contributed by atoms with Gasteiger partial charge in [-0.05, 0) is 48.0 Å². The van der Waals surface area contributed by atoms with E-state index in [1.54, 1.807) is 6.08 Å². The van der Waals surface area contributed by atoms with Gasteiger partial charge in [0.2, 0.25) is 5.91 Å². The maximum atomic E-state index is 12.6. The highest BCUT2D eigenvalue weighted by Crippen LogP contribution is 2.32. The quantitative estimate of drug-likeness (QED) is 0.280. The molecule has 1 aliphatic rings. The van der Waals surface area contributed by atoms with E-state index in [4.69, 9.17) is 17.3 Å². The summed E-state index contributed by atoms with van der Waals surface area (Å²) in [7, 11) is 0. The lowest BCUT2D eigenvalue weighted by Crippen LogP contribution is -2.31. The van der Waals surface area contributed by atoms with Crippen molar-refractivity contribution in [3.05, 3.63) is 74.7 Å². The van der Waals surface area contributed by atoms with E-state index in [9.17, 15) is 24.5 Å². The molecule has 1 aliphatic heterocycles. The number of nitro benzene ring substituents is 1. The number of aromatic carboxylic acids is 1. The molecule has 11 heteroatoms. The summed E-state index contributed by atoms with van der Waals surface area (Å²) in [5.41, 5.74) is 1.12. The zero-order valence-electron chi connectivity index (χ0n) is 15.8. The molecule has 0 aliphatic carbocycles. The van der Waals surface area contributed by atoms with Crippen LogP contribution in [0.25, 0.3) is 6.08 Å². The van der Waals surface area contributed by atoms with Crippen molar-refractivity contribution in [2.24, 2.45) is 0 Å². The van der Waals surface area contributed by atoms with Gasteiger partial charge in [-0.3, -0.25) is 24.6 Å². The molecule has 2 amide bonds. The van der Waals surface area contributed by atoms with Crippen molar-refractivity contribution in [3.63, 3.8) is 0 Å². The summed E-state index contributed by atoms with van der Waals surface area (Å²) < 4.78 is 0.316. The Morgan fingerprint density at radius 1 is 1.16 bits per heavy atom. The summed E-state index contributed by atoms with van der Waals surface area (Å²) in [6.07, 6.45) is 1.59. The van der Waals surface area contributed by atoms with Gasteiger partial charge in [0.1, 0.15) is 4.32 Å². The average molecular weight is 457 g/mol. The first-order valence-corrected chi connectivity index (χ1v) is 10.1. The Bertz CT molecular complexity index is 1100. The van der Waals surface area contributed by atoms with Crippen molar-refractivity contribution < 1.29 is 24.4 Å². The van der Waals surface area contributed by atoms with Crippen LogP contribution in [0.3, 0.4) is 0 Å². The number of nitrogens with one attached hydrogen (secondary N) is 1. The Kier molecular flexibility index (Phi) is 6.78. The van der Waals surface area contributed by atoms with Gasteiger partial charge in [0, 0.05) is 30.8 Å². The van der Waals surface area contributed by atoms with E-state index in [1.807, 2.05) is 0 Å². The van der Waals surface area contributed by atoms with E-state index >= 15 is 0 Å². The van der Waals surface area contributed by atoms with Crippen molar-refractivity contribution in [1.29, 1.82) is 0 Å². The van der Waals surface area contributed by atoms with Crippen LogP contribution in [-0.2, 0) is 9.59 Å². The molecule has 0 aromatic heterocycles. The molecule has 0 bridgehead atoms. The maximum absolute atomic E-state index is 12.6. The minimum atomic E-state index is -1.06. The molecule has 2 aromatic carbocycles. The molecule has 0 atom stereocenters. The number of non-ortho nitro benzene ring substituents is 1. The number of carbonyl (C=O) groups is 3. The van der Waals surface area contributed by atoms with E-state index in [1.165, 1.54) is 53.4 Å². The van der Waals surface area contributed by atoms with E-state index in [0.29, 0.717) is 20.5 Å². The lowest BCUT2D eigenvalue weighted by atomic mass is 10.2. The second-order valence-electron chi connectivity index (χ2n) is 6.36. The second kappa shape index (κ2) is 9.49. The van der Waals surface area contributed by atoms with Gasteiger partial charge in [-0.2, -0.15) is 0 Å². The zero-order valence-corrected chi connectivity index (χ0v) is 17.4. The summed E-state index contributed by atoms with van der Waals surface area (Å²) in [4.78, 5) is 47.6. The highest BCUT2D eigenvalue weighted by molar-refractivity contribution is 8.26. The molecule has 1 saturated heterocycles. The fourth-order valence-electron chi connectivity index (χ4n) is 2.67. The first kappa shape index (κ1) is 22.1. The molecule has 31 heavy (non-hydrogen) atoms. The van der Waals surface area contributed by atoms with Crippen LogP contribution >= 0.6 is 24.0 Å². The molecule has 0 radical (unpaired) electrons. The van der Waals surface area contributed by atoms with Crippen LogP contribution < -0.4 is 5.32 Å². The third kappa shape index (κ3) is 5.53. The van der Waals surface area contributed by atoms with Crippen LogP contribution in [0.2, 0.25) is 0 Å². The van der Waals surface area contributed by atoms with E-state index in [-0.39, 0.29) is 36.0 Å². The van der Waals surface area contributed by atoms with Crippen molar-refractivity contribution in [2.45, 2.75) is 6.42 Å². The molecule has 3 rings (SSSR count). The van der Waals surface area contributed by atoms with E-state index in [2.05, 4.69) is 5.32 Å². The molecule has 158 valence electrons. The molecule has 2 N–H and O–H groups in total. The predicted octanol–water partition coefficient (Wildman–Crippen LogP) is 3.52. The predicted molar refractivity (Wildman–Crippen MR) is 120 cm³/mol. The first-order valence-electron chi connectivity index (χ1n) is 8.87. The van der Waals surface area contributed by atoms with Gasteiger partial charge in [-0.1, -0.05) is 24.0 Å². The smallest absolute Gasteiger partial charge is 0.335 e. The molecule has 0 saturated carbocycles. The van der Waals surface area contributed by atoms with Gasteiger partial charge in [0.25, 0.3) is 11.6 Å². The number of thiocarbonyl (C=S) groups is 1. The summed E-state index contributed by atoms with van der Waals surface area (Å²) in [5.74, 6) is -1.75. The number of amides is 2. The van der Waals surface area contributed by atoms with Crippen molar-refractivity contribution >= 4 is 63.5 Å². The fraction of sp³-hybridized carbons (Fsp3) is 0.100. The molecule has 1 heterocycles. The number of nitrogens with zero attached hydrogens (tertiary/aromatic N) is 2. The van der Waals surface area contributed by atoms with Crippen LogP contribution in [0.1, 0.15) is 22.3 Å². The largest absolute Gasteiger partial charge is 0.478 e. The summed E-state index contributed by atoms with van der Waals surface area (Å²) in [6.45, 7) is 0.0846. The highest BCUT2D eigenvalue weighted by Gasteiger charge is 2.32. The van der Waals surface area contributed by atoms with Gasteiger partial charge in [-0.25, -0.2) is 4.79 Å². The van der Waals surface area contributed by atoms with Crippen molar-refractivity contribution in [3.8, 4) is 0 Å². The van der Waals surface area contributed by atoms with Crippen molar-refractivity contribution in [2.75, 3.05) is 11.9 Å². The number of carbonyl (C=O) groups excluding carboxylic acids is 2. The summed E-state index contributed by atoms with van der Waals surface area (Å²) in [6, 6.07) is 11.5. The number of carboxylic acid groups (broad SMARTS) is 1. The van der Waals surface area contributed by atoms with Gasteiger partial charge in [-0.15, -0.1) is 0 Å². The van der Waals surface area contributed by atoms with Gasteiger partial charge in [0.05, 0.1) is 15.4 Å². The van der Waals surface area contributed by atoms with Gasteiger partial charge < -0.3 is 10.4 Å². The fourth-order valence-corrected chi connectivity index (χ4v) is 3.98. The number of hydrogen-bond acceptors (Lipinski definition) is 7. The maximum Gasteiger partial charge on any atom is 0.335 e. The van der Waals surface area contributed by atoms with Crippen LogP contribution in [0.4, 0.5) is 11.4 Å². The summed E-state index contributed by atoms with van der Waals surface area (Å²) in [5, 5.41) is 22.3. The van der Waals surface area contributed by atoms with Crippen molar-refractivity contribution in [1.82, 2.24) is 4.90 Å². The Hall–Kier alpha value is -3.57. The first-order chi connectivity index (χ1) is 14.7. The Morgan fingerprint density at radius 2 is 1.81 bits per heavy atom. The van der Waals surface area contributed by atoms with Crippen LogP contribution in [0.5, 0.6) is 0 Å². The number of nitro groups is 1. The molecular weight excluding hydrogens is 442 g/mol. The average Bonchev–Trinajstić information content (AvgIpc) is 2.99.